The van der Waals surface area contributed by atoms with Gasteiger partial charge in [0.1, 0.15) is 5.75 Å². The third-order valence-corrected chi connectivity index (χ3v) is 6.66. The fourth-order valence-electron chi connectivity index (χ4n) is 5.16. The standard InChI is InChI=1S/C28H29NO5/c1-32-24-17-11-10-16-22(24)19-29-23(20-12-6-4-7-13-20)18-28(26(30)33-2,27(31)34-3)25(29)21-14-8-5-9-15-21/h4-17,23,25H,18-19H2,1-3H3/t23-,25-/m1/s1. The highest BCUT2D eigenvalue weighted by molar-refractivity contribution is 6.01. The van der Waals surface area contributed by atoms with Crippen LogP contribution in [-0.4, -0.2) is 38.2 Å². The third-order valence-electron chi connectivity index (χ3n) is 6.66. The number of nitrogens with zero attached hydrogens (tertiary/aromatic N) is 1. The van der Waals surface area contributed by atoms with Crippen molar-refractivity contribution in [2.45, 2.75) is 25.0 Å². The van der Waals surface area contributed by atoms with Crippen molar-refractivity contribution >= 4 is 11.9 Å². The van der Waals surface area contributed by atoms with Crippen molar-refractivity contribution in [3.63, 3.8) is 0 Å². The quantitative estimate of drug-likeness (QED) is 0.376. The highest BCUT2D eigenvalue weighted by Gasteiger charge is 2.64. The van der Waals surface area contributed by atoms with Crippen molar-refractivity contribution in [3.8, 4) is 5.75 Å². The van der Waals surface area contributed by atoms with Crippen LogP contribution in [0.5, 0.6) is 5.75 Å². The number of hydrogen-bond donors (Lipinski definition) is 0. The molecule has 6 heteroatoms. The molecular formula is C28H29NO5. The van der Waals surface area contributed by atoms with Gasteiger partial charge in [-0.3, -0.25) is 14.5 Å². The molecule has 0 N–H and O–H groups in total. The zero-order chi connectivity index (χ0) is 24.1. The van der Waals surface area contributed by atoms with E-state index in [1.807, 2.05) is 84.9 Å². The summed E-state index contributed by atoms with van der Waals surface area (Å²) in [5.41, 5.74) is 1.27. The van der Waals surface area contributed by atoms with Gasteiger partial charge in [0.05, 0.1) is 27.4 Å². The largest absolute Gasteiger partial charge is 0.496 e. The van der Waals surface area contributed by atoms with E-state index in [9.17, 15) is 9.59 Å². The highest BCUT2D eigenvalue weighted by atomic mass is 16.5. The van der Waals surface area contributed by atoms with E-state index in [1.54, 1.807) is 7.11 Å². The first kappa shape index (κ1) is 23.5. The molecule has 6 nitrogen and oxygen atoms in total. The molecule has 1 aliphatic heterocycles. The van der Waals surface area contributed by atoms with E-state index in [4.69, 9.17) is 14.2 Å². The summed E-state index contributed by atoms with van der Waals surface area (Å²) in [6, 6.07) is 26.5. The molecule has 1 fully saturated rings. The van der Waals surface area contributed by atoms with Crippen molar-refractivity contribution in [1.29, 1.82) is 0 Å². The smallest absolute Gasteiger partial charge is 0.325 e. The number of rotatable bonds is 7. The third kappa shape index (κ3) is 4.05. The van der Waals surface area contributed by atoms with Crippen LogP contribution >= 0.6 is 0 Å². The molecule has 0 aromatic heterocycles. The topological polar surface area (TPSA) is 65.1 Å². The molecular weight excluding hydrogens is 430 g/mol. The van der Waals surface area contributed by atoms with E-state index >= 15 is 0 Å². The van der Waals surface area contributed by atoms with E-state index in [2.05, 4.69) is 4.90 Å². The average Bonchev–Trinajstić information content (AvgIpc) is 3.24. The van der Waals surface area contributed by atoms with Gasteiger partial charge >= 0.3 is 11.9 Å². The Balaban J connectivity index is 1.95. The van der Waals surface area contributed by atoms with Gasteiger partial charge in [-0.15, -0.1) is 0 Å². The summed E-state index contributed by atoms with van der Waals surface area (Å²) >= 11 is 0. The van der Waals surface area contributed by atoms with Gasteiger partial charge < -0.3 is 14.2 Å². The maximum Gasteiger partial charge on any atom is 0.325 e. The Labute approximate surface area is 200 Å². The lowest BCUT2D eigenvalue weighted by molar-refractivity contribution is -0.171. The van der Waals surface area contributed by atoms with E-state index in [-0.39, 0.29) is 12.5 Å². The fraction of sp³-hybridized carbons (Fsp3) is 0.286. The predicted octanol–water partition coefficient (Wildman–Crippen LogP) is 4.72. The molecule has 1 aliphatic rings. The number of esters is 2. The molecule has 3 aromatic carbocycles. The molecule has 3 aromatic rings. The Hall–Kier alpha value is -3.64. The molecule has 4 rings (SSSR count). The summed E-state index contributed by atoms with van der Waals surface area (Å²) in [7, 11) is 4.27. The Morgan fingerprint density at radius 1 is 0.794 bits per heavy atom. The van der Waals surface area contributed by atoms with Gasteiger partial charge in [0, 0.05) is 18.2 Å². The molecule has 0 aliphatic carbocycles. The van der Waals surface area contributed by atoms with E-state index in [0.717, 1.165) is 22.4 Å². The molecule has 2 atom stereocenters. The summed E-state index contributed by atoms with van der Waals surface area (Å²) in [4.78, 5) is 29.1. The zero-order valence-electron chi connectivity index (χ0n) is 19.6. The Bertz CT molecular complexity index is 1120. The van der Waals surface area contributed by atoms with Gasteiger partial charge in [0.2, 0.25) is 0 Å². The minimum absolute atomic E-state index is 0.227. The second-order valence-electron chi connectivity index (χ2n) is 8.38. The van der Waals surface area contributed by atoms with Crippen molar-refractivity contribution in [3.05, 3.63) is 102 Å². The Morgan fingerprint density at radius 3 is 1.88 bits per heavy atom. The number of hydrogen-bond acceptors (Lipinski definition) is 6. The number of benzene rings is 3. The predicted molar refractivity (Wildman–Crippen MR) is 128 cm³/mol. The van der Waals surface area contributed by atoms with E-state index in [0.29, 0.717) is 6.54 Å². The minimum atomic E-state index is -1.53. The molecule has 34 heavy (non-hydrogen) atoms. The number of para-hydroxylation sites is 1. The lowest BCUT2D eigenvalue weighted by Gasteiger charge is -2.35. The van der Waals surface area contributed by atoms with Gasteiger partial charge in [0.15, 0.2) is 5.41 Å². The van der Waals surface area contributed by atoms with Crippen LogP contribution in [0.1, 0.15) is 35.2 Å². The van der Waals surface area contributed by atoms with Crippen LogP contribution in [0.4, 0.5) is 0 Å². The van der Waals surface area contributed by atoms with Gasteiger partial charge in [-0.05, 0) is 23.6 Å². The normalized spacial score (nSPS) is 19.4. The first-order chi connectivity index (χ1) is 16.6. The molecule has 0 bridgehead atoms. The van der Waals surface area contributed by atoms with Crippen LogP contribution < -0.4 is 4.74 Å². The lowest BCUT2D eigenvalue weighted by Crippen LogP contribution is -2.45. The van der Waals surface area contributed by atoms with Crippen LogP contribution in [0.15, 0.2) is 84.9 Å². The monoisotopic (exact) mass is 459 g/mol. The van der Waals surface area contributed by atoms with Crippen LogP contribution in [0.25, 0.3) is 0 Å². The fourth-order valence-corrected chi connectivity index (χ4v) is 5.16. The maximum absolute atomic E-state index is 13.4. The maximum atomic E-state index is 13.4. The SMILES string of the molecule is COC(=O)C1(C(=O)OC)C[C@H](c2ccccc2)N(Cc2ccccc2OC)[C@@H]1c1ccccc1. The van der Waals surface area contributed by atoms with Gasteiger partial charge in [-0.2, -0.15) is 0 Å². The lowest BCUT2D eigenvalue weighted by atomic mass is 9.75. The van der Waals surface area contributed by atoms with Crippen molar-refractivity contribution in [2.75, 3.05) is 21.3 Å². The minimum Gasteiger partial charge on any atom is -0.496 e. The molecule has 1 saturated heterocycles. The van der Waals surface area contributed by atoms with Gasteiger partial charge in [-0.1, -0.05) is 78.9 Å². The van der Waals surface area contributed by atoms with Crippen molar-refractivity contribution in [1.82, 2.24) is 4.90 Å². The van der Waals surface area contributed by atoms with Crippen LogP contribution in [0, 0.1) is 5.41 Å². The molecule has 0 spiro atoms. The second kappa shape index (κ2) is 10.1. The van der Waals surface area contributed by atoms with Gasteiger partial charge in [-0.25, -0.2) is 0 Å². The number of methoxy groups -OCH3 is 3. The number of carbonyl (C=O) groups is 2. The first-order valence-corrected chi connectivity index (χ1v) is 11.2. The zero-order valence-corrected chi connectivity index (χ0v) is 19.6. The van der Waals surface area contributed by atoms with E-state index < -0.39 is 23.4 Å². The van der Waals surface area contributed by atoms with Crippen molar-refractivity contribution < 1.29 is 23.8 Å². The molecule has 0 unspecified atom stereocenters. The van der Waals surface area contributed by atoms with Crippen LogP contribution in [-0.2, 0) is 25.6 Å². The van der Waals surface area contributed by atoms with Crippen LogP contribution in [0.2, 0.25) is 0 Å². The Kier molecular flexibility index (Phi) is 6.98. The highest BCUT2D eigenvalue weighted by Crippen LogP contribution is 2.57. The molecule has 0 saturated carbocycles. The molecule has 1 heterocycles. The van der Waals surface area contributed by atoms with Gasteiger partial charge in [0.25, 0.3) is 0 Å². The summed E-state index contributed by atoms with van der Waals surface area (Å²) in [5.74, 6) is -0.455. The number of likely N-dealkylation sites (tertiary alicyclic amines) is 1. The first-order valence-electron chi connectivity index (χ1n) is 11.2. The van der Waals surface area contributed by atoms with Crippen molar-refractivity contribution in [2.24, 2.45) is 5.41 Å². The molecule has 0 radical (unpaired) electrons. The molecule has 176 valence electrons. The number of carbonyl (C=O) groups excluding carboxylic acids is 2. The second-order valence-corrected chi connectivity index (χ2v) is 8.38. The summed E-state index contributed by atoms with van der Waals surface area (Å²) < 4.78 is 16.1. The number of ether oxygens (including phenoxy) is 3. The summed E-state index contributed by atoms with van der Waals surface area (Å²) in [6.07, 6.45) is 0.227. The molecule has 0 amide bonds. The average molecular weight is 460 g/mol. The Morgan fingerprint density at radius 2 is 1.32 bits per heavy atom. The summed E-state index contributed by atoms with van der Waals surface area (Å²) in [6.45, 7) is 0.457. The van der Waals surface area contributed by atoms with Crippen LogP contribution in [0.3, 0.4) is 0 Å². The summed E-state index contributed by atoms with van der Waals surface area (Å²) in [5, 5.41) is 0. The van der Waals surface area contributed by atoms with E-state index in [1.165, 1.54) is 14.2 Å².